The largest absolute Gasteiger partial charge is 0.478 e. The third kappa shape index (κ3) is 3.59. The summed E-state index contributed by atoms with van der Waals surface area (Å²) in [5.41, 5.74) is 8.35. The number of hydrogen-bond acceptors (Lipinski definition) is 2. The minimum Gasteiger partial charge on any atom is -0.478 e. The molecule has 0 aliphatic carbocycles. The molecule has 3 nitrogen and oxygen atoms in total. The van der Waals surface area contributed by atoms with Crippen LogP contribution in [0.15, 0.2) is 48.5 Å². The Kier molecular flexibility index (Phi) is 4.77. The summed E-state index contributed by atoms with van der Waals surface area (Å²) in [6.07, 6.45) is 0.776. The average Bonchev–Trinajstić information content (AvgIpc) is 2.46. The lowest BCUT2D eigenvalue weighted by Crippen LogP contribution is -2.15. The van der Waals surface area contributed by atoms with Crippen molar-refractivity contribution < 1.29 is 9.90 Å². The van der Waals surface area contributed by atoms with Crippen molar-refractivity contribution in [2.75, 3.05) is 6.54 Å². The van der Waals surface area contributed by atoms with Gasteiger partial charge in [0.2, 0.25) is 0 Å². The Morgan fingerprint density at radius 1 is 1.10 bits per heavy atom. The summed E-state index contributed by atoms with van der Waals surface area (Å²) < 4.78 is 0. The Labute approximate surface area is 123 Å². The first kappa shape index (κ1) is 14.6. The number of benzene rings is 2. The van der Waals surface area contributed by atoms with Crippen LogP contribution in [0.2, 0.25) is 5.02 Å². The number of carbonyl (C=O) groups is 1. The summed E-state index contributed by atoms with van der Waals surface area (Å²) in [5.74, 6) is -0.715. The van der Waals surface area contributed by atoms with Gasteiger partial charge in [-0.2, -0.15) is 0 Å². The number of carboxylic acid groups (broad SMARTS) is 1. The van der Waals surface area contributed by atoms with Gasteiger partial charge in [0.1, 0.15) is 0 Å². The maximum atomic E-state index is 10.8. The molecule has 3 N–H and O–H groups in total. The quantitative estimate of drug-likeness (QED) is 0.887. The molecule has 0 saturated heterocycles. The van der Waals surface area contributed by atoms with Gasteiger partial charge in [-0.1, -0.05) is 35.9 Å². The normalized spacial score (nSPS) is 12.1. The zero-order valence-corrected chi connectivity index (χ0v) is 11.7. The molecular weight excluding hydrogens is 274 g/mol. The first-order valence-electron chi connectivity index (χ1n) is 6.38. The minimum absolute atomic E-state index is 0.197. The van der Waals surface area contributed by atoms with Crippen molar-refractivity contribution in [3.05, 3.63) is 70.2 Å². The van der Waals surface area contributed by atoms with Crippen molar-refractivity contribution in [1.82, 2.24) is 0 Å². The molecule has 0 heterocycles. The fourth-order valence-corrected chi connectivity index (χ4v) is 2.27. The molecule has 2 rings (SSSR count). The van der Waals surface area contributed by atoms with Crippen LogP contribution in [0.25, 0.3) is 0 Å². The lowest BCUT2D eigenvalue weighted by atomic mass is 9.92. The van der Waals surface area contributed by atoms with Crippen LogP contribution in [0.1, 0.15) is 27.4 Å². The molecule has 0 bridgehead atoms. The van der Waals surface area contributed by atoms with Crippen LogP contribution in [0.4, 0.5) is 0 Å². The molecule has 104 valence electrons. The van der Waals surface area contributed by atoms with Gasteiger partial charge in [-0.25, -0.2) is 4.79 Å². The van der Waals surface area contributed by atoms with E-state index in [1.165, 1.54) is 0 Å². The maximum Gasteiger partial charge on any atom is 0.335 e. The van der Waals surface area contributed by atoms with Gasteiger partial charge in [0.05, 0.1) is 5.56 Å². The average molecular weight is 290 g/mol. The van der Waals surface area contributed by atoms with Crippen LogP contribution in [0.5, 0.6) is 0 Å². The molecule has 20 heavy (non-hydrogen) atoms. The smallest absolute Gasteiger partial charge is 0.335 e. The molecule has 1 atom stereocenters. The van der Waals surface area contributed by atoms with Gasteiger partial charge in [0.15, 0.2) is 0 Å². The molecule has 0 aliphatic heterocycles. The number of aromatic carboxylic acids is 1. The van der Waals surface area contributed by atoms with Crippen LogP contribution in [-0.2, 0) is 6.42 Å². The predicted octanol–water partition coefficient (Wildman–Crippen LogP) is 3.32. The van der Waals surface area contributed by atoms with Crippen LogP contribution in [-0.4, -0.2) is 17.6 Å². The highest BCUT2D eigenvalue weighted by Gasteiger charge is 2.11. The van der Waals surface area contributed by atoms with E-state index in [-0.39, 0.29) is 5.92 Å². The Balaban J connectivity index is 2.13. The molecule has 2 aromatic carbocycles. The second kappa shape index (κ2) is 6.55. The third-order valence-electron chi connectivity index (χ3n) is 3.31. The Morgan fingerprint density at radius 2 is 1.70 bits per heavy atom. The van der Waals surface area contributed by atoms with Crippen molar-refractivity contribution in [3.8, 4) is 0 Å². The van der Waals surface area contributed by atoms with Gasteiger partial charge in [0.25, 0.3) is 0 Å². The van der Waals surface area contributed by atoms with E-state index in [4.69, 9.17) is 22.4 Å². The maximum absolute atomic E-state index is 10.8. The van der Waals surface area contributed by atoms with Crippen molar-refractivity contribution >= 4 is 17.6 Å². The SMILES string of the molecule is NCC(Cc1ccc(C(=O)O)cc1)c1ccc(Cl)cc1. The zero-order valence-electron chi connectivity index (χ0n) is 10.9. The first-order chi connectivity index (χ1) is 9.60. The van der Waals surface area contributed by atoms with Gasteiger partial charge in [-0.05, 0) is 48.4 Å². The van der Waals surface area contributed by atoms with Crippen LogP contribution < -0.4 is 5.73 Å². The van der Waals surface area contributed by atoms with Crippen molar-refractivity contribution in [3.63, 3.8) is 0 Å². The van der Waals surface area contributed by atoms with Gasteiger partial charge in [0, 0.05) is 10.9 Å². The van der Waals surface area contributed by atoms with Gasteiger partial charge >= 0.3 is 5.97 Å². The molecule has 1 unspecified atom stereocenters. The molecule has 0 radical (unpaired) electrons. The van der Waals surface area contributed by atoms with Crippen molar-refractivity contribution in [2.24, 2.45) is 5.73 Å². The van der Waals surface area contributed by atoms with Gasteiger partial charge < -0.3 is 10.8 Å². The van der Waals surface area contributed by atoms with Crippen molar-refractivity contribution in [2.45, 2.75) is 12.3 Å². The topological polar surface area (TPSA) is 63.3 Å². The van der Waals surface area contributed by atoms with Gasteiger partial charge in [-0.15, -0.1) is 0 Å². The lowest BCUT2D eigenvalue weighted by molar-refractivity contribution is 0.0697. The highest BCUT2D eigenvalue weighted by atomic mass is 35.5. The summed E-state index contributed by atoms with van der Waals surface area (Å²) in [6.45, 7) is 0.530. The number of nitrogens with two attached hydrogens (primary N) is 1. The van der Waals surface area contributed by atoms with Crippen LogP contribution >= 0.6 is 11.6 Å². The number of halogens is 1. The number of rotatable bonds is 5. The highest BCUT2D eigenvalue weighted by Crippen LogP contribution is 2.22. The number of carboxylic acids is 1. The molecule has 0 aromatic heterocycles. The Hall–Kier alpha value is -1.84. The Morgan fingerprint density at radius 3 is 2.20 bits per heavy atom. The molecule has 0 spiro atoms. The molecule has 0 aliphatic rings. The lowest BCUT2D eigenvalue weighted by Gasteiger charge is -2.15. The van der Waals surface area contributed by atoms with E-state index in [1.54, 1.807) is 12.1 Å². The van der Waals surface area contributed by atoms with E-state index in [1.807, 2.05) is 36.4 Å². The van der Waals surface area contributed by atoms with E-state index < -0.39 is 5.97 Å². The van der Waals surface area contributed by atoms with Gasteiger partial charge in [-0.3, -0.25) is 0 Å². The van der Waals surface area contributed by atoms with E-state index >= 15 is 0 Å². The van der Waals surface area contributed by atoms with E-state index in [0.29, 0.717) is 17.1 Å². The first-order valence-corrected chi connectivity index (χ1v) is 6.75. The Bertz CT molecular complexity index is 578. The monoisotopic (exact) mass is 289 g/mol. The molecule has 4 heteroatoms. The summed E-state index contributed by atoms with van der Waals surface area (Å²) in [6, 6.07) is 14.6. The van der Waals surface area contributed by atoms with E-state index in [2.05, 4.69) is 0 Å². The highest BCUT2D eigenvalue weighted by molar-refractivity contribution is 6.30. The minimum atomic E-state index is -0.912. The summed E-state index contributed by atoms with van der Waals surface area (Å²) in [4.78, 5) is 10.8. The van der Waals surface area contributed by atoms with Crippen LogP contribution in [0.3, 0.4) is 0 Å². The second-order valence-electron chi connectivity index (χ2n) is 4.69. The summed E-state index contributed by atoms with van der Waals surface area (Å²) >= 11 is 5.88. The van der Waals surface area contributed by atoms with E-state index in [0.717, 1.165) is 17.5 Å². The predicted molar refractivity (Wildman–Crippen MR) is 80.4 cm³/mol. The van der Waals surface area contributed by atoms with Crippen LogP contribution in [0, 0.1) is 0 Å². The molecule has 0 amide bonds. The molecular formula is C16H16ClNO2. The second-order valence-corrected chi connectivity index (χ2v) is 5.13. The molecule has 0 saturated carbocycles. The summed E-state index contributed by atoms with van der Waals surface area (Å²) in [7, 11) is 0. The zero-order chi connectivity index (χ0) is 14.5. The van der Waals surface area contributed by atoms with Crippen molar-refractivity contribution in [1.29, 1.82) is 0 Å². The number of hydrogen-bond donors (Lipinski definition) is 2. The summed E-state index contributed by atoms with van der Waals surface area (Å²) in [5, 5.41) is 9.58. The standard InChI is InChI=1S/C16H16ClNO2/c17-15-7-5-12(6-8-15)14(10-18)9-11-1-3-13(4-2-11)16(19)20/h1-8,14H,9-10,18H2,(H,19,20). The fourth-order valence-electron chi connectivity index (χ4n) is 2.14. The fraction of sp³-hybridized carbons (Fsp3) is 0.188. The third-order valence-corrected chi connectivity index (χ3v) is 3.56. The molecule has 0 fully saturated rings. The molecule has 2 aromatic rings. The van der Waals surface area contributed by atoms with E-state index in [9.17, 15) is 4.79 Å².